The topological polar surface area (TPSA) is 60.4 Å². The molecule has 0 atom stereocenters. The maximum Gasteiger partial charge on any atom is 0.253 e. The Labute approximate surface area is 207 Å². The molecule has 6 heteroatoms. The Bertz CT molecular complexity index is 1150. The fourth-order valence-electron chi connectivity index (χ4n) is 4.05. The van der Waals surface area contributed by atoms with Gasteiger partial charge in [0.1, 0.15) is 18.0 Å². The fourth-order valence-corrected chi connectivity index (χ4v) is 4.05. The number of likely N-dealkylation sites (tertiary alicyclic amines) is 1. The number of aliphatic imine (C=N–C) groups is 1. The lowest BCUT2D eigenvalue weighted by atomic mass is 10.1. The SMILES string of the molecule is CCOc1ccccc1N=Cc1ccc(OCc2ccc(C(=O)N3CCCCC3)cc2)c(OC)c1. The van der Waals surface area contributed by atoms with Crippen LogP contribution in [-0.4, -0.2) is 43.8 Å². The molecule has 1 aliphatic heterocycles. The molecule has 1 aliphatic rings. The Morgan fingerprint density at radius 1 is 0.914 bits per heavy atom. The molecule has 4 rings (SSSR count). The highest BCUT2D eigenvalue weighted by Gasteiger charge is 2.18. The normalized spacial score (nSPS) is 13.6. The number of hydrogen-bond acceptors (Lipinski definition) is 5. The van der Waals surface area contributed by atoms with E-state index < -0.39 is 0 Å². The van der Waals surface area contributed by atoms with Crippen molar-refractivity contribution in [2.75, 3.05) is 26.8 Å². The van der Waals surface area contributed by atoms with Crippen molar-refractivity contribution in [2.24, 2.45) is 4.99 Å². The van der Waals surface area contributed by atoms with Gasteiger partial charge in [-0.1, -0.05) is 24.3 Å². The second kappa shape index (κ2) is 12.1. The molecule has 0 N–H and O–H groups in total. The smallest absolute Gasteiger partial charge is 0.253 e. The lowest BCUT2D eigenvalue weighted by Gasteiger charge is -2.26. The zero-order chi connectivity index (χ0) is 24.5. The highest BCUT2D eigenvalue weighted by Crippen LogP contribution is 2.30. The monoisotopic (exact) mass is 472 g/mol. The summed E-state index contributed by atoms with van der Waals surface area (Å²) in [7, 11) is 1.62. The van der Waals surface area contributed by atoms with Crippen molar-refractivity contribution >= 4 is 17.8 Å². The second-order valence-electron chi connectivity index (χ2n) is 8.41. The lowest BCUT2D eigenvalue weighted by Crippen LogP contribution is -2.35. The van der Waals surface area contributed by atoms with Crippen LogP contribution in [0.2, 0.25) is 0 Å². The van der Waals surface area contributed by atoms with Gasteiger partial charge in [0.25, 0.3) is 5.91 Å². The molecular weight excluding hydrogens is 440 g/mol. The average molecular weight is 473 g/mol. The molecule has 0 bridgehead atoms. The predicted molar refractivity (Wildman–Crippen MR) is 138 cm³/mol. The molecule has 0 spiro atoms. The Kier molecular flexibility index (Phi) is 8.39. The molecule has 1 fully saturated rings. The van der Waals surface area contributed by atoms with Crippen molar-refractivity contribution in [2.45, 2.75) is 32.8 Å². The number of hydrogen-bond donors (Lipinski definition) is 0. The summed E-state index contributed by atoms with van der Waals surface area (Å²) in [5, 5.41) is 0. The molecule has 6 nitrogen and oxygen atoms in total. The first-order chi connectivity index (χ1) is 17.2. The summed E-state index contributed by atoms with van der Waals surface area (Å²) < 4.78 is 17.2. The number of para-hydroxylation sites is 2. The van der Waals surface area contributed by atoms with E-state index in [1.165, 1.54) is 6.42 Å². The highest BCUT2D eigenvalue weighted by atomic mass is 16.5. The Morgan fingerprint density at radius 3 is 2.43 bits per heavy atom. The zero-order valence-electron chi connectivity index (χ0n) is 20.4. The Balaban J connectivity index is 1.39. The van der Waals surface area contributed by atoms with Crippen LogP contribution in [0.5, 0.6) is 17.2 Å². The van der Waals surface area contributed by atoms with E-state index in [-0.39, 0.29) is 5.91 Å². The summed E-state index contributed by atoms with van der Waals surface area (Å²) >= 11 is 0. The molecule has 35 heavy (non-hydrogen) atoms. The van der Waals surface area contributed by atoms with E-state index in [4.69, 9.17) is 14.2 Å². The van der Waals surface area contributed by atoms with Crippen molar-refractivity contribution in [3.63, 3.8) is 0 Å². The van der Waals surface area contributed by atoms with Crippen molar-refractivity contribution in [1.29, 1.82) is 0 Å². The van der Waals surface area contributed by atoms with Gasteiger partial charge in [0.2, 0.25) is 0 Å². The van der Waals surface area contributed by atoms with E-state index in [9.17, 15) is 4.79 Å². The average Bonchev–Trinajstić information content (AvgIpc) is 2.92. The van der Waals surface area contributed by atoms with Gasteiger partial charge in [-0.15, -0.1) is 0 Å². The summed E-state index contributed by atoms with van der Waals surface area (Å²) in [5.74, 6) is 2.14. The van der Waals surface area contributed by atoms with Gasteiger partial charge in [0, 0.05) is 24.9 Å². The Morgan fingerprint density at radius 2 is 1.69 bits per heavy atom. The van der Waals surface area contributed by atoms with Gasteiger partial charge in [-0.25, -0.2) is 0 Å². The Hall–Kier alpha value is -3.80. The van der Waals surface area contributed by atoms with E-state index >= 15 is 0 Å². The van der Waals surface area contributed by atoms with Crippen LogP contribution in [0, 0.1) is 0 Å². The van der Waals surface area contributed by atoms with Crippen LogP contribution in [0.4, 0.5) is 5.69 Å². The third-order valence-corrected chi connectivity index (χ3v) is 5.94. The van der Waals surface area contributed by atoms with Gasteiger partial charge in [-0.2, -0.15) is 0 Å². The van der Waals surface area contributed by atoms with Gasteiger partial charge in [0.15, 0.2) is 11.5 Å². The molecule has 3 aromatic carbocycles. The van der Waals surface area contributed by atoms with E-state index in [1.807, 2.05) is 78.6 Å². The number of benzene rings is 3. The van der Waals surface area contributed by atoms with Crippen LogP contribution in [0.15, 0.2) is 71.7 Å². The quantitative estimate of drug-likeness (QED) is 0.356. The molecule has 0 saturated carbocycles. The van der Waals surface area contributed by atoms with Crippen LogP contribution in [-0.2, 0) is 6.61 Å². The second-order valence-corrected chi connectivity index (χ2v) is 8.41. The summed E-state index contributed by atoms with van der Waals surface area (Å²) in [6.07, 6.45) is 5.16. The van der Waals surface area contributed by atoms with Crippen LogP contribution >= 0.6 is 0 Å². The standard InChI is InChI=1S/C29H32N2O4/c1-3-34-26-10-6-5-9-25(26)30-20-23-13-16-27(28(19-23)33-2)35-21-22-11-14-24(15-12-22)29(32)31-17-7-4-8-18-31/h5-6,9-16,19-20H,3-4,7-8,17-18,21H2,1-2H3. The molecule has 0 unspecified atom stereocenters. The third kappa shape index (κ3) is 6.41. The fraction of sp³-hybridized carbons (Fsp3) is 0.310. The third-order valence-electron chi connectivity index (χ3n) is 5.94. The van der Waals surface area contributed by atoms with Gasteiger partial charge in [-0.05, 0) is 79.8 Å². The number of ether oxygens (including phenoxy) is 3. The van der Waals surface area contributed by atoms with Gasteiger partial charge < -0.3 is 19.1 Å². The summed E-state index contributed by atoms with van der Waals surface area (Å²) in [6.45, 7) is 4.62. The molecular formula is C29H32N2O4. The number of piperidine rings is 1. The van der Waals surface area contributed by atoms with Crippen LogP contribution < -0.4 is 14.2 Å². The number of rotatable bonds is 9. The maximum absolute atomic E-state index is 12.7. The van der Waals surface area contributed by atoms with Crippen molar-refractivity contribution < 1.29 is 19.0 Å². The largest absolute Gasteiger partial charge is 0.493 e. The minimum absolute atomic E-state index is 0.111. The summed E-state index contributed by atoms with van der Waals surface area (Å²) in [4.78, 5) is 19.2. The number of carbonyl (C=O) groups excluding carboxylic acids is 1. The summed E-state index contributed by atoms with van der Waals surface area (Å²) in [5.41, 5.74) is 3.38. The van der Waals surface area contributed by atoms with E-state index in [0.29, 0.717) is 24.7 Å². The van der Waals surface area contributed by atoms with Crippen LogP contribution in [0.25, 0.3) is 0 Å². The van der Waals surface area contributed by atoms with Crippen molar-refractivity contribution in [3.05, 3.63) is 83.4 Å². The molecule has 1 heterocycles. The van der Waals surface area contributed by atoms with Crippen molar-refractivity contribution in [3.8, 4) is 17.2 Å². The van der Waals surface area contributed by atoms with E-state index in [2.05, 4.69) is 4.99 Å². The van der Waals surface area contributed by atoms with Gasteiger partial charge in [0.05, 0.1) is 13.7 Å². The number of methoxy groups -OCH3 is 1. The first-order valence-corrected chi connectivity index (χ1v) is 12.1. The molecule has 3 aromatic rings. The molecule has 1 amide bonds. The first-order valence-electron chi connectivity index (χ1n) is 12.1. The molecule has 1 saturated heterocycles. The van der Waals surface area contributed by atoms with Gasteiger partial charge >= 0.3 is 0 Å². The van der Waals surface area contributed by atoms with E-state index in [1.54, 1.807) is 13.3 Å². The minimum Gasteiger partial charge on any atom is -0.493 e. The molecule has 0 aromatic heterocycles. The van der Waals surface area contributed by atoms with Crippen LogP contribution in [0.1, 0.15) is 47.7 Å². The zero-order valence-corrected chi connectivity index (χ0v) is 20.4. The lowest BCUT2D eigenvalue weighted by molar-refractivity contribution is 0.0724. The molecule has 0 aliphatic carbocycles. The van der Waals surface area contributed by atoms with Crippen LogP contribution in [0.3, 0.4) is 0 Å². The van der Waals surface area contributed by atoms with Gasteiger partial charge in [-0.3, -0.25) is 9.79 Å². The maximum atomic E-state index is 12.7. The number of carbonyl (C=O) groups is 1. The highest BCUT2D eigenvalue weighted by molar-refractivity contribution is 5.94. The van der Waals surface area contributed by atoms with E-state index in [0.717, 1.165) is 54.1 Å². The van der Waals surface area contributed by atoms with Crippen molar-refractivity contribution in [1.82, 2.24) is 4.90 Å². The number of amides is 1. The predicted octanol–water partition coefficient (Wildman–Crippen LogP) is 6.05. The molecule has 0 radical (unpaired) electrons. The first kappa shape index (κ1) is 24.3. The minimum atomic E-state index is 0.111. The summed E-state index contributed by atoms with van der Waals surface area (Å²) in [6, 6.07) is 21.0. The molecule has 182 valence electrons. The number of nitrogens with zero attached hydrogens (tertiary/aromatic N) is 2.